The summed E-state index contributed by atoms with van der Waals surface area (Å²) in [7, 11) is 0. The van der Waals surface area contributed by atoms with E-state index >= 15 is 0 Å². The normalized spacial score (nSPS) is 15.8. The SMILES string of the molecule is Br.Br.CCN1CCc2cc(N)sc2CC1. The van der Waals surface area contributed by atoms with Gasteiger partial charge in [0.15, 0.2) is 0 Å². The van der Waals surface area contributed by atoms with Gasteiger partial charge in [-0.05, 0) is 31.0 Å². The van der Waals surface area contributed by atoms with Gasteiger partial charge in [0, 0.05) is 18.0 Å². The van der Waals surface area contributed by atoms with Gasteiger partial charge in [0.25, 0.3) is 0 Å². The molecule has 0 saturated heterocycles. The number of nitrogens with two attached hydrogens (primary N) is 1. The summed E-state index contributed by atoms with van der Waals surface area (Å²) in [5.74, 6) is 0. The van der Waals surface area contributed by atoms with Crippen LogP contribution < -0.4 is 5.73 Å². The van der Waals surface area contributed by atoms with Gasteiger partial charge in [-0.2, -0.15) is 0 Å². The first-order chi connectivity index (χ1) is 6.29. The zero-order valence-corrected chi connectivity index (χ0v) is 13.1. The van der Waals surface area contributed by atoms with Gasteiger partial charge in [0.2, 0.25) is 0 Å². The molecule has 0 bridgehead atoms. The number of fused-ring (bicyclic) bond motifs is 1. The molecule has 2 nitrogen and oxygen atoms in total. The molecule has 0 amide bonds. The maximum atomic E-state index is 5.78. The lowest BCUT2D eigenvalue weighted by atomic mass is 10.2. The molecular weight excluding hydrogens is 340 g/mol. The van der Waals surface area contributed by atoms with Crippen LogP contribution in [0.4, 0.5) is 5.00 Å². The molecular formula is C10H18Br2N2S. The van der Waals surface area contributed by atoms with Crippen molar-refractivity contribution >= 4 is 50.3 Å². The van der Waals surface area contributed by atoms with E-state index < -0.39 is 0 Å². The lowest BCUT2D eigenvalue weighted by Crippen LogP contribution is -2.25. The summed E-state index contributed by atoms with van der Waals surface area (Å²) in [6.07, 6.45) is 2.36. The molecule has 1 aromatic rings. The second-order valence-electron chi connectivity index (χ2n) is 3.53. The summed E-state index contributed by atoms with van der Waals surface area (Å²) in [6, 6.07) is 2.15. The van der Waals surface area contributed by atoms with Gasteiger partial charge in [0.1, 0.15) is 0 Å². The van der Waals surface area contributed by atoms with E-state index in [0.29, 0.717) is 0 Å². The van der Waals surface area contributed by atoms with Crippen molar-refractivity contribution < 1.29 is 0 Å². The van der Waals surface area contributed by atoms with Crippen LogP contribution in [0.15, 0.2) is 6.07 Å². The zero-order chi connectivity index (χ0) is 9.26. The van der Waals surface area contributed by atoms with Gasteiger partial charge in [-0.15, -0.1) is 45.3 Å². The molecule has 1 aliphatic heterocycles. The first-order valence-electron chi connectivity index (χ1n) is 4.89. The number of thiophene rings is 1. The first-order valence-corrected chi connectivity index (χ1v) is 5.70. The van der Waals surface area contributed by atoms with Crippen molar-refractivity contribution in [3.05, 3.63) is 16.5 Å². The summed E-state index contributed by atoms with van der Waals surface area (Å²) >= 11 is 1.77. The van der Waals surface area contributed by atoms with Crippen molar-refractivity contribution in [1.82, 2.24) is 4.90 Å². The monoisotopic (exact) mass is 356 g/mol. The van der Waals surface area contributed by atoms with Crippen molar-refractivity contribution in [1.29, 1.82) is 0 Å². The summed E-state index contributed by atoms with van der Waals surface area (Å²) < 4.78 is 0. The Labute approximate surface area is 116 Å². The Morgan fingerprint density at radius 2 is 2.00 bits per heavy atom. The van der Waals surface area contributed by atoms with E-state index in [0.717, 1.165) is 5.00 Å². The minimum absolute atomic E-state index is 0. The highest BCUT2D eigenvalue weighted by Crippen LogP contribution is 2.27. The van der Waals surface area contributed by atoms with Crippen molar-refractivity contribution in [3.8, 4) is 0 Å². The van der Waals surface area contributed by atoms with Crippen molar-refractivity contribution in [2.45, 2.75) is 19.8 Å². The highest BCUT2D eigenvalue weighted by molar-refractivity contribution is 8.93. The lowest BCUT2D eigenvalue weighted by Gasteiger charge is -2.16. The predicted octanol–water partition coefficient (Wildman–Crippen LogP) is 2.91. The summed E-state index contributed by atoms with van der Waals surface area (Å²) in [4.78, 5) is 4.01. The standard InChI is InChI=1S/C10H16N2S.2BrH/c1-2-12-5-3-8-7-10(11)13-9(8)4-6-12;;/h7H,2-6,11H2,1H3;2*1H. The maximum Gasteiger partial charge on any atom is 0.0862 e. The zero-order valence-electron chi connectivity index (χ0n) is 8.86. The third kappa shape index (κ3) is 3.73. The topological polar surface area (TPSA) is 29.3 Å². The van der Waals surface area contributed by atoms with Crippen LogP contribution in [-0.2, 0) is 12.8 Å². The van der Waals surface area contributed by atoms with Crippen LogP contribution in [0.2, 0.25) is 0 Å². The second kappa shape index (κ2) is 6.89. The number of nitrogens with zero attached hydrogens (tertiary/aromatic N) is 1. The van der Waals surface area contributed by atoms with Gasteiger partial charge in [0.05, 0.1) is 5.00 Å². The van der Waals surface area contributed by atoms with Gasteiger partial charge in [-0.1, -0.05) is 6.92 Å². The molecule has 0 aliphatic carbocycles. The predicted molar refractivity (Wildman–Crippen MR) is 78.9 cm³/mol. The molecule has 0 atom stereocenters. The van der Waals surface area contributed by atoms with Crippen LogP contribution in [0.25, 0.3) is 0 Å². The van der Waals surface area contributed by atoms with Crippen LogP contribution in [-0.4, -0.2) is 24.5 Å². The lowest BCUT2D eigenvalue weighted by molar-refractivity contribution is 0.303. The molecule has 0 spiro atoms. The van der Waals surface area contributed by atoms with E-state index in [2.05, 4.69) is 17.9 Å². The Hall–Kier alpha value is 0.420. The Bertz CT molecular complexity index is 276. The maximum absolute atomic E-state index is 5.78. The van der Waals surface area contributed by atoms with Crippen LogP contribution in [0.1, 0.15) is 17.4 Å². The average Bonchev–Trinajstić information content (AvgIpc) is 2.37. The minimum Gasteiger partial charge on any atom is -0.391 e. The largest absolute Gasteiger partial charge is 0.391 e. The van der Waals surface area contributed by atoms with E-state index in [1.807, 2.05) is 0 Å². The van der Waals surface area contributed by atoms with Crippen LogP contribution >= 0.6 is 45.3 Å². The number of anilines is 1. The number of likely N-dealkylation sites (N-methyl/N-ethyl adjacent to an activating group) is 1. The van der Waals surface area contributed by atoms with E-state index in [4.69, 9.17) is 5.73 Å². The molecule has 0 aromatic carbocycles. The fourth-order valence-electron chi connectivity index (χ4n) is 1.88. The molecule has 2 N–H and O–H groups in total. The molecule has 15 heavy (non-hydrogen) atoms. The van der Waals surface area contributed by atoms with Crippen LogP contribution in [0, 0.1) is 0 Å². The van der Waals surface area contributed by atoms with E-state index in [1.165, 1.54) is 42.9 Å². The fraction of sp³-hybridized carbons (Fsp3) is 0.600. The Morgan fingerprint density at radius 1 is 1.33 bits per heavy atom. The van der Waals surface area contributed by atoms with Gasteiger partial charge in [-0.25, -0.2) is 0 Å². The molecule has 5 heteroatoms. The minimum atomic E-state index is 0. The van der Waals surface area contributed by atoms with E-state index in [9.17, 15) is 0 Å². The van der Waals surface area contributed by atoms with Crippen LogP contribution in [0.3, 0.4) is 0 Å². The number of rotatable bonds is 1. The highest BCUT2D eigenvalue weighted by Gasteiger charge is 2.14. The molecule has 0 unspecified atom stereocenters. The molecule has 88 valence electrons. The molecule has 0 saturated carbocycles. The van der Waals surface area contributed by atoms with Gasteiger partial charge >= 0.3 is 0 Å². The molecule has 2 heterocycles. The van der Waals surface area contributed by atoms with E-state index in [-0.39, 0.29) is 34.0 Å². The second-order valence-corrected chi connectivity index (χ2v) is 4.70. The van der Waals surface area contributed by atoms with Crippen molar-refractivity contribution in [3.63, 3.8) is 0 Å². The van der Waals surface area contributed by atoms with Crippen molar-refractivity contribution in [2.75, 3.05) is 25.4 Å². The van der Waals surface area contributed by atoms with Crippen molar-refractivity contribution in [2.24, 2.45) is 0 Å². The molecule has 2 rings (SSSR count). The van der Waals surface area contributed by atoms with Gasteiger partial charge < -0.3 is 10.6 Å². The smallest absolute Gasteiger partial charge is 0.0862 e. The number of hydrogen-bond donors (Lipinski definition) is 1. The third-order valence-corrected chi connectivity index (χ3v) is 3.78. The molecule has 1 aromatic heterocycles. The number of halogens is 2. The highest BCUT2D eigenvalue weighted by atomic mass is 79.9. The molecule has 1 aliphatic rings. The number of nitrogen functional groups attached to an aromatic ring is 1. The summed E-state index contributed by atoms with van der Waals surface area (Å²) in [5, 5.41) is 0.981. The fourth-order valence-corrected chi connectivity index (χ4v) is 2.85. The van der Waals surface area contributed by atoms with E-state index in [1.54, 1.807) is 11.3 Å². The summed E-state index contributed by atoms with van der Waals surface area (Å²) in [5.41, 5.74) is 7.27. The third-order valence-electron chi connectivity index (χ3n) is 2.72. The van der Waals surface area contributed by atoms with Crippen LogP contribution in [0.5, 0.6) is 0 Å². The summed E-state index contributed by atoms with van der Waals surface area (Å²) in [6.45, 7) is 5.79. The Morgan fingerprint density at radius 3 is 2.67 bits per heavy atom. The van der Waals surface area contributed by atoms with Gasteiger partial charge in [-0.3, -0.25) is 0 Å². The first kappa shape index (κ1) is 15.4. The quantitative estimate of drug-likeness (QED) is 0.837. The molecule has 0 radical (unpaired) electrons. The Balaban J connectivity index is 0.000000980. The molecule has 0 fully saturated rings. The Kier molecular flexibility index (Phi) is 7.08. The average molecular weight is 358 g/mol. The number of hydrogen-bond acceptors (Lipinski definition) is 3.